The maximum atomic E-state index is 11.1. The largest absolute Gasteiger partial charge is 0.489 e. The highest BCUT2D eigenvalue weighted by atomic mass is 16.5. The molecule has 0 aromatic heterocycles. The number of hydrogen-bond donors (Lipinski definition) is 1. The number of primary amides is 1. The second-order valence-electron chi connectivity index (χ2n) is 5.06. The van der Waals surface area contributed by atoms with Crippen molar-refractivity contribution in [3.8, 4) is 5.75 Å². The van der Waals surface area contributed by atoms with Crippen molar-refractivity contribution in [1.29, 1.82) is 0 Å². The lowest BCUT2D eigenvalue weighted by Crippen LogP contribution is -2.11. The molecule has 104 valence electrons. The van der Waals surface area contributed by atoms with Gasteiger partial charge in [-0.15, -0.1) is 0 Å². The fraction of sp³-hybridized carbons (Fsp3) is 0.235. The molecule has 0 saturated heterocycles. The van der Waals surface area contributed by atoms with E-state index < -0.39 is 5.91 Å². The Morgan fingerprint density at radius 2 is 1.80 bits per heavy atom. The summed E-state index contributed by atoms with van der Waals surface area (Å²) in [7, 11) is 0. The van der Waals surface area contributed by atoms with Crippen LogP contribution in [0.3, 0.4) is 0 Å². The number of aryl methyl sites for hydroxylation is 3. The average molecular weight is 269 g/mol. The van der Waals surface area contributed by atoms with Gasteiger partial charge in [0.15, 0.2) is 0 Å². The monoisotopic (exact) mass is 269 g/mol. The molecule has 0 fully saturated rings. The van der Waals surface area contributed by atoms with E-state index in [1.54, 1.807) is 12.1 Å². The van der Waals surface area contributed by atoms with Crippen molar-refractivity contribution in [3.63, 3.8) is 0 Å². The van der Waals surface area contributed by atoms with Gasteiger partial charge >= 0.3 is 0 Å². The molecule has 20 heavy (non-hydrogen) atoms. The number of rotatable bonds is 4. The van der Waals surface area contributed by atoms with Crippen LogP contribution in [0.1, 0.15) is 32.6 Å². The molecular formula is C17H19NO2. The Morgan fingerprint density at radius 3 is 2.45 bits per heavy atom. The Labute approximate surface area is 119 Å². The molecule has 0 radical (unpaired) electrons. The van der Waals surface area contributed by atoms with Crippen LogP contribution in [0.15, 0.2) is 36.4 Å². The minimum Gasteiger partial charge on any atom is -0.489 e. The zero-order chi connectivity index (χ0) is 14.7. The van der Waals surface area contributed by atoms with E-state index in [-0.39, 0.29) is 0 Å². The van der Waals surface area contributed by atoms with Crippen molar-refractivity contribution >= 4 is 5.91 Å². The van der Waals surface area contributed by atoms with Gasteiger partial charge in [-0.25, -0.2) is 0 Å². The number of amides is 1. The van der Waals surface area contributed by atoms with Crippen LogP contribution in [-0.2, 0) is 6.61 Å². The second kappa shape index (κ2) is 5.78. The second-order valence-corrected chi connectivity index (χ2v) is 5.06. The van der Waals surface area contributed by atoms with Crippen LogP contribution in [0.4, 0.5) is 0 Å². The Bertz CT molecular complexity index is 647. The molecule has 0 spiro atoms. The lowest BCUT2D eigenvalue weighted by Gasteiger charge is -2.12. The van der Waals surface area contributed by atoms with Crippen molar-refractivity contribution in [3.05, 3.63) is 64.2 Å². The van der Waals surface area contributed by atoms with Gasteiger partial charge in [0.2, 0.25) is 5.91 Å². The Morgan fingerprint density at radius 1 is 1.05 bits per heavy atom. The first kappa shape index (κ1) is 14.1. The summed E-state index contributed by atoms with van der Waals surface area (Å²) in [4.78, 5) is 11.1. The van der Waals surface area contributed by atoms with E-state index in [4.69, 9.17) is 10.5 Å². The third kappa shape index (κ3) is 3.18. The fourth-order valence-corrected chi connectivity index (χ4v) is 2.03. The summed E-state index contributed by atoms with van der Waals surface area (Å²) < 4.78 is 5.87. The van der Waals surface area contributed by atoms with Crippen molar-refractivity contribution < 1.29 is 9.53 Å². The van der Waals surface area contributed by atoms with E-state index in [1.165, 1.54) is 5.56 Å². The number of hydrogen-bond acceptors (Lipinski definition) is 2. The number of ether oxygens (including phenoxy) is 1. The molecule has 0 aliphatic rings. The quantitative estimate of drug-likeness (QED) is 0.926. The maximum absolute atomic E-state index is 11.1. The molecule has 0 aliphatic carbocycles. The topological polar surface area (TPSA) is 52.3 Å². The minimum atomic E-state index is -0.407. The summed E-state index contributed by atoms with van der Waals surface area (Å²) in [6.07, 6.45) is 0. The van der Waals surface area contributed by atoms with Crippen molar-refractivity contribution in [2.45, 2.75) is 27.4 Å². The van der Waals surface area contributed by atoms with Crippen LogP contribution < -0.4 is 10.5 Å². The minimum absolute atomic E-state index is 0.407. The smallest absolute Gasteiger partial charge is 0.248 e. The zero-order valence-electron chi connectivity index (χ0n) is 12.1. The molecule has 1 amide bonds. The molecule has 0 atom stereocenters. The average Bonchev–Trinajstić information content (AvgIpc) is 2.40. The van der Waals surface area contributed by atoms with E-state index in [9.17, 15) is 4.79 Å². The molecule has 0 unspecified atom stereocenters. The van der Waals surface area contributed by atoms with E-state index in [2.05, 4.69) is 6.07 Å². The summed E-state index contributed by atoms with van der Waals surface area (Å²) in [5.74, 6) is 0.485. The van der Waals surface area contributed by atoms with Gasteiger partial charge in [0, 0.05) is 5.56 Å². The third-order valence-corrected chi connectivity index (χ3v) is 3.35. The molecule has 3 nitrogen and oxygen atoms in total. The third-order valence-electron chi connectivity index (χ3n) is 3.35. The molecule has 2 aromatic rings. The van der Waals surface area contributed by atoms with Crippen LogP contribution in [0.5, 0.6) is 5.75 Å². The summed E-state index contributed by atoms with van der Waals surface area (Å²) in [5.41, 5.74) is 10.1. The van der Waals surface area contributed by atoms with Crippen LogP contribution >= 0.6 is 0 Å². The first-order valence-electron chi connectivity index (χ1n) is 6.57. The SMILES string of the molecule is Cc1ccc(C)c(OCc2ccc(C(N)=O)cc2C)c1. The van der Waals surface area contributed by atoms with Crippen LogP contribution in [-0.4, -0.2) is 5.91 Å². The highest BCUT2D eigenvalue weighted by Gasteiger charge is 2.06. The summed E-state index contributed by atoms with van der Waals surface area (Å²) in [6.45, 7) is 6.50. The molecule has 0 heterocycles. The lowest BCUT2D eigenvalue weighted by atomic mass is 10.1. The fourth-order valence-electron chi connectivity index (χ4n) is 2.03. The highest BCUT2D eigenvalue weighted by Crippen LogP contribution is 2.21. The summed E-state index contributed by atoms with van der Waals surface area (Å²) in [6, 6.07) is 11.6. The van der Waals surface area contributed by atoms with Gasteiger partial charge in [0.1, 0.15) is 12.4 Å². The predicted octanol–water partition coefficient (Wildman–Crippen LogP) is 3.29. The van der Waals surface area contributed by atoms with Crippen LogP contribution in [0.25, 0.3) is 0 Å². The van der Waals surface area contributed by atoms with E-state index in [1.807, 2.05) is 39.0 Å². The number of benzene rings is 2. The molecule has 0 bridgehead atoms. The molecule has 0 aliphatic heterocycles. The van der Waals surface area contributed by atoms with Crippen molar-refractivity contribution in [2.24, 2.45) is 5.73 Å². The van der Waals surface area contributed by atoms with E-state index in [0.29, 0.717) is 12.2 Å². The molecule has 2 aromatic carbocycles. The molecule has 0 saturated carbocycles. The Kier molecular flexibility index (Phi) is 4.08. The first-order valence-corrected chi connectivity index (χ1v) is 6.57. The van der Waals surface area contributed by atoms with Crippen LogP contribution in [0, 0.1) is 20.8 Å². The number of nitrogens with two attached hydrogens (primary N) is 1. The zero-order valence-corrected chi connectivity index (χ0v) is 12.1. The molecule has 2 N–H and O–H groups in total. The first-order chi connectivity index (χ1) is 9.47. The van der Waals surface area contributed by atoms with Gasteiger partial charge in [-0.2, -0.15) is 0 Å². The van der Waals surface area contributed by atoms with E-state index >= 15 is 0 Å². The highest BCUT2D eigenvalue weighted by molar-refractivity contribution is 5.93. The summed E-state index contributed by atoms with van der Waals surface area (Å²) >= 11 is 0. The molecule has 2 rings (SSSR count). The number of carbonyl (C=O) groups excluding carboxylic acids is 1. The Hall–Kier alpha value is -2.29. The summed E-state index contributed by atoms with van der Waals surface area (Å²) in [5, 5.41) is 0. The van der Waals surface area contributed by atoms with Crippen molar-refractivity contribution in [1.82, 2.24) is 0 Å². The van der Waals surface area contributed by atoms with Gasteiger partial charge in [-0.1, -0.05) is 18.2 Å². The van der Waals surface area contributed by atoms with Gasteiger partial charge in [-0.3, -0.25) is 4.79 Å². The lowest BCUT2D eigenvalue weighted by molar-refractivity contribution is 0.1000. The van der Waals surface area contributed by atoms with Gasteiger partial charge in [0.05, 0.1) is 0 Å². The standard InChI is InChI=1S/C17H19NO2/c1-11-4-5-12(2)16(8-11)20-10-15-7-6-14(17(18)19)9-13(15)3/h4-9H,10H2,1-3H3,(H2,18,19). The van der Waals surface area contributed by atoms with Gasteiger partial charge in [-0.05, 0) is 61.2 Å². The molecular weight excluding hydrogens is 250 g/mol. The maximum Gasteiger partial charge on any atom is 0.248 e. The number of carbonyl (C=O) groups is 1. The van der Waals surface area contributed by atoms with Gasteiger partial charge < -0.3 is 10.5 Å². The Balaban J connectivity index is 2.15. The normalized spacial score (nSPS) is 10.3. The van der Waals surface area contributed by atoms with Gasteiger partial charge in [0.25, 0.3) is 0 Å². The van der Waals surface area contributed by atoms with Crippen molar-refractivity contribution in [2.75, 3.05) is 0 Å². The predicted molar refractivity (Wildman–Crippen MR) is 79.9 cm³/mol. The van der Waals surface area contributed by atoms with Crippen LogP contribution in [0.2, 0.25) is 0 Å². The van der Waals surface area contributed by atoms with E-state index in [0.717, 1.165) is 22.4 Å². The molecule has 3 heteroatoms.